The third kappa shape index (κ3) is 2.57. The summed E-state index contributed by atoms with van der Waals surface area (Å²) in [7, 11) is 0. The topological polar surface area (TPSA) is 55.9 Å². The molecule has 3 N–H and O–H groups in total. The molecular weight excluding hydrogens is 231 g/mol. The second kappa shape index (κ2) is 5.75. The molecule has 1 unspecified atom stereocenters. The lowest BCUT2D eigenvalue weighted by atomic mass is 10.1. The average Bonchev–Trinajstić information content (AvgIpc) is 2.82. The minimum Gasteiger partial charge on any atom is -0.333 e. The second-order valence-corrected chi connectivity index (χ2v) is 4.13. The minimum atomic E-state index is -0.258. The van der Waals surface area contributed by atoms with Crippen LogP contribution in [0, 0.1) is 5.82 Å². The lowest BCUT2D eigenvalue weighted by molar-refractivity contribution is 0.544. The molecule has 0 bridgehead atoms. The van der Waals surface area contributed by atoms with Crippen molar-refractivity contribution >= 4 is 0 Å². The zero-order valence-electron chi connectivity index (χ0n) is 10.3. The predicted molar refractivity (Wildman–Crippen MR) is 68.1 cm³/mol. The van der Waals surface area contributed by atoms with Gasteiger partial charge in [0, 0.05) is 18.9 Å². The van der Waals surface area contributed by atoms with Gasteiger partial charge in [-0.3, -0.25) is 5.84 Å². The lowest BCUT2D eigenvalue weighted by Crippen LogP contribution is -2.31. The number of hydrogen-bond acceptors (Lipinski definition) is 3. The number of nitrogens with two attached hydrogens (primary N) is 1. The van der Waals surface area contributed by atoms with Crippen LogP contribution in [-0.2, 0) is 6.54 Å². The molecule has 0 aliphatic carbocycles. The van der Waals surface area contributed by atoms with Gasteiger partial charge in [-0.15, -0.1) is 0 Å². The quantitative estimate of drug-likeness (QED) is 0.628. The Labute approximate surface area is 106 Å². The number of hydrazine groups is 1. The van der Waals surface area contributed by atoms with Gasteiger partial charge in [0.05, 0.1) is 0 Å². The number of imidazole rings is 1. The maximum Gasteiger partial charge on any atom is 0.131 e. The molecule has 1 atom stereocenters. The van der Waals surface area contributed by atoms with Crippen LogP contribution in [0.2, 0.25) is 0 Å². The van der Waals surface area contributed by atoms with Crippen LogP contribution in [0.1, 0.15) is 30.8 Å². The SMILES string of the molecule is CCCn1ccnc1C(NN)c1ccc(F)cc1. The summed E-state index contributed by atoms with van der Waals surface area (Å²) in [5.41, 5.74) is 3.62. The maximum absolute atomic E-state index is 12.9. The zero-order chi connectivity index (χ0) is 13.0. The first kappa shape index (κ1) is 12.7. The molecule has 0 amide bonds. The molecule has 0 radical (unpaired) electrons. The van der Waals surface area contributed by atoms with Crippen molar-refractivity contribution in [2.45, 2.75) is 25.9 Å². The molecule has 0 saturated carbocycles. The van der Waals surface area contributed by atoms with Crippen molar-refractivity contribution in [2.24, 2.45) is 5.84 Å². The van der Waals surface area contributed by atoms with E-state index in [2.05, 4.69) is 17.3 Å². The number of rotatable bonds is 5. The van der Waals surface area contributed by atoms with E-state index in [4.69, 9.17) is 5.84 Å². The minimum absolute atomic E-state index is 0.229. The highest BCUT2D eigenvalue weighted by molar-refractivity contribution is 5.25. The van der Waals surface area contributed by atoms with Gasteiger partial charge in [0.15, 0.2) is 0 Å². The number of benzene rings is 1. The van der Waals surface area contributed by atoms with E-state index in [0.29, 0.717) is 0 Å². The Kier molecular flexibility index (Phi) is 4.07. The number of aromatic nitrogens is 2. The van der Waals surface area contributed by atoms with E-state index in [9.17, 15) is 4.39 Å². The van der Waals surface area contributed by atoms with E-state index in [-0.39, 0.29) is 11.9 Å². The van der Waals surface area contributed by atoms with Crippen LogP contribution in [0.4, 0.5) is 4.39 Å². The van der Waals surface area contributed by atoms with Crippen LogP contribution < -0.4 is 11.3 Å². The van der Waals surface area contributed by atoms with Crippen molar-refractivity contribution in [1.29, 1.82) is 0 Å². The molecule has 2 rings (SSSR count). The standard InChI is InChI=1S/C13H17FN4/c1-2-8-18-9-7-16-13(18)12(17-15)10-3-5-11(14)6-4-10/h3-7,9,12,17H,2,8,15H2,1H3. The van der Waals surface area contributed by atoms with Crippen LogP contribution in [0.25, 0.3) is 0 Å². The highest BCUT2D eigenvalue weighted by atomic mass is 19.1. The Bertz CT molecular complexity index is 492. The number of hydrogen-bond donors (Lipinski definition) is 2. The van der Waals surface area contributed by atoms with Crippen LogP contribution in [0.15, 0.2) is 36.7 Å². The van der Waals surface area contributed by atoms with E-state index in [1.807, 2.05) is 10.8 Å². The summed E-state index contributed by atoms with van der Waals surface area (Å²) in [6.07, 6.45) is 4.69. The molecule has 1 aromatic carbocycles. The number of nitrogens with one attached hydrogen (secondary N) is 1. The second-order valence-electron chi connectivity index (χ2n) is 4.13. The normalized spacial score (nSPS) is 12.6. The zero-order valence-corrected chi connectivity index (χ0v) is 10.3. The average molecular weight is 248 g/mol. The van der Waals surface area contributed by atoms with Crippen LogP contribution >= 0.6 is 0 Å². The van der Waals surface area contributed by atoms with Crippen molar-refractivity contribution in [1.82, 2.24) is 15.0 Å². The van der Waals surface area contributed by atoms with Crippen molar-refractivity contribution in [2.75, 3.05) is 0 Å². The molecule has 0 aliphatic rings. The molecule has 1 heterocycles. The molecule has 0 aliphatic heterocycles. The summed E-state index contributed by atoms with van der Waals surface area (Å²) in [6.45, 7) is 2.99. The molecule has 1 aromatic heterocycles. The summed E-state index contributed by atoms with van der Waals surface area (Å²) < 4.78 is 15.0. The molecule has 0 saturated heterocycles. The Morgan fingerprint density at radius 2 is 2.11 bits per heavy atom. The first-order valence-electron chi connectivity index (χ1n) is 5.99. The summed E-state index contributed by atoms with van der Waals surface area (Å²) in [4.78, 5) is 4.33. The summed E-state index contributed by atoms with van der Waals surface area (Å²) in [5.74, 6) is 6.18. The fraction of sp³-hybridized carbons (Fsp3) is 0.308. The van der Waals surface area contributed by atoms with Gasteiger partial charge in [-0.05, 0) is 24.1 Å². The molecule has 18 heavy (non-hydrogen) atoms. The largest absolute Gasteiger partial charge is 0.333 e. The third-order valence-electron chi connectivity index (χ3n) is 2.84. The van der Waals surface area contributed by atoms with E-state index in [0.717, 1.165) is 24.4 Å². The highest BCUT2D eigenvalue weighted by Gasteiger charge is 2.17. The van der Waals surface area contributed by atoms with Crippen molar-refractivity contribution in [3.05, 3.63) is 53.9 Å². The van der Waals surface area contributed by atoms with Gasteiger partial charge in [0.1, 0.15) is 17.7 Å². The smallest absolute Gasteiger partial charge is 0.131 e. The number of nitrogens with zero attached hydrogens (tertiary/aromatic N) is 2. The van der Waals surface area contributed by atoms with E-state index in [1.165, 1.54) is 12.1 Å². The van der Waals surface area contributed by atoms with Crippen molar-refractivity contribution in [3.8, 4) is 0 Å². The Morgan fingerprint density at radius 1 is 1.39 bits per heavy atom. The number of halogens is 1. The lowest BCUT2D eigenvalue weighted by Gasteiger charge is -2.17. The fourth-order valence-corrected chi connectivity index (χ4v) is 1.99. The Balaban J connectivity index is 2.32. The van der Waals surface area contributed by atoms with Gasteiger partial charge in [0.25, 0.3) is 0 Å². The first-order valence-corrected chi connectivity index (χ1v) is 5.99. The molecule has 0 fully saturated rings. The monoisotopic (exact) mass is 248 g/mol. The summed E-state index contributed by atoms with van der Waals surface area (Å²) in [5, 5.41) is 0. The molecule has 4 nitrogen and oxygen atoms in total. The predicted octanol–water partition coefficient (Wildman–Crippen LogP) is 1.98. The fourth-order valence-electron chi connectivity index (χ4n) is 1.99. The van der Waals surface area contributed by atoms with Crippen LogP contribution in [0.3, 0.4) is 0 Å². The molecule has 2 aromatic rings. The Hall–Kier alpha value is -1.72. The van der Waals surface area contributed by atoms with Crippen molar-refractivity contribution < 1.29 is 4.39 Å². The molecule has 5 heteroatoms. The van der Waals surface area contributed by atoms with E-state index in [1.54, 1.807) is 18.3 Å². The van der Waals surface area contributed by atoms with Crippen LogP contribution in [0.5, 0.6) is 0 Å². The molecule has 0 spiro atoms. The van der Waals surface area contributed by atoms with E-state index < -0.39 is 0 Å². The van der Waals surface area contributed by atoms with Crippen LogP contribution in [-0.4, -0.2) is 9.55 Å². The third-order valence-corrected chi connectivity index (χ3v) is 2.84. The van der Waals surface area contributed by atoms with Gasteiger partial charge < -0.3 is 4.57 Å². The van der Waals surface area contributed by atoms with Gasteiger partial charge >= 0.3 is 0 Å². The maximum atomic E-state index is 12.9. The summed E-state index contributed by atoms with van der Waals surface area (Å²) in [6, 6.07) is 6.04. The van der Waals surface area contributed by atoms with Gasteiger partial charge in [0.2, 0.25) is 0 Å². The molecule has 96 valence electrons. The first-order chi connectivity index (χ1) is 8.76. The van der Waals surface area contributed by atoms with E-state index >= 15 is 0 Å². The highest BCUT2D eigenvalue weighted by Crippen LogP contribution is 2.20. The Morgan fingerprint density at radius 3 is 2.72 bits per heavy atom. The van der Waals surface area contributed by atoms with Gasteiger partial charge in [-0.25, -0.2) is 14.8 Å². The van der Waals surface area contributed by atoms with Gasteiger partial charge in [-0.2, -0.15) is 0 Å². The summed E-state index contributed by atoms with van der Waals surface area (Å²) >= 11 is 0. The number of aryl methyl sites for hydroxylation is 1. The van der Waals surface area contributed by atoms with Crippen molar-refractivity contribution in [3.63, 3.8) is 0 Å². The molecular formula is C13H17FN4. The van der Waals surface area contributed by atoms with Gasteiger partial charge in [-0.1, -0.05) is 19.1 Å².